The van der Waals surface area contributed by atoms with Gasteiger partial charge in [-0.2, -0.15) is 5.10 Å². The predicted octanol–water partition coefficient (Wildman–Crippen LogP) is 6.49. The molecule has 0 fully saturated rings. The van der Waals surface area contributed by atoms with Crippen LogP contribution in [0.25, 0.3) is 0 Å². The quantitative estimate of drug-likeness (QED) is 0.408. The van der Waals surface area contributed by atoms with E-state index in [1.54, 1.807) is 7.11 Å². The van der Waals surface area contributed by atoms with E-state index in [9.17, 15) is 0 Å². The number of halogens is 1. The van der Waals surface area contributed by atoms with E-state index in [1.165, 1.54) is 0 Å². The van der Waals surface area contributed by atoms with Crippen LogP contribution in [0.1, 0.15) is 49.2 Å². The zero-order valence-corrected chi connectivity index (χ0v) is 19.9. The first-order valence-electron chi connectivity index (χ1n) is 10.7. The molecule has 0 radical (unpaired) electrons. The van der Waals surface area contributed by atoms with Gasteiger partial charge < -0.3 is 14.2 Å². The predicted molar refractivity (Wildman–Crippen MR) is 128 cm³/mol. The molecule has 32 heavy (non-hydrogen) atoms. The lowest BCUT2D eigenvalue weighted by Crippen LogP contribution is -2.33. The molecule has 6 heteroatoms. The van der Waals surface area contributed by atoms with Crippen LogP contribution in [-0.2, 0) is 0 Å². The molecule has 3 aromatic rings. The topological polar surface area (TPSA) is 43.3 Å². The second-order valence-electron chi connectivity index (χ2n) is 8.26. The van der Waals surface area contributed by atoms with E-state index in [0.717, 1.165) is 50.5 Å². The monoisotopic (exact) mass is 492 g/mol. The van der Waals surface area contributed by atoms with Gasteiger partial charge in [0.25, 0.3) is 0 Å². The number of hydrogen-bond acceptors (Lipinski definition) is 5. The van der Waals surface area contributed by atoms with Gasteiger partial charge in [-0.25, -0.2) is 5.01 Å². The van der Waals surface area contributed by atoms with Crippen LogP contribution in [0.3, 0.4) is 0 Å². The molecule has 5 nitrogen and oxygen atoms in total. The molecular weight excluding hydrogens is 468 g/mol. The summed E-state index contributed by atoms with van der Waals surface area (Å²) in [6, 6.07) is 22.5. The molecule has 0 spiro atoms. The van der Waals surface area contributed by atoms with E-state index < -0.39 is 0 Å². The molecule has 5 rings (SSSR count). The average Bonchev–Trinajstić information content (AvgIpc) is 3.25. The third-order valence-corrected chi connectivity index (χ3v) is 6.21. The van der Waals surface area contributed by atoms with Crippen LogP contribution in [0, 0.1) is 0 Å². The van der Waals surface area contributed by atoms with Crippen LogP contribution in [-0.4, -0.2) is 23.9 Å². The maximum Gasteiger partial charge on any atom is 0.213 e. The summed E-state index contributed by atoms with van der Waals surface area (Å²) in [4.78, 5) is 0. The van der Waals surface area contributed by atoms with Gasteiger partial charge in [0, 0.05) is 22.0 Å². The normalized spacial score (nSPS) is 19.2. The van der Waals surface area contributed by atoms with Crippen molar-refractivity contribution in [1.29, 1.82) is 0 Å². The Morgan fingerprint density at radius 1 is 1.00 bits per heavy atom. The number of hydrazone groups is 1. The molecule has 2 heterocycles. The van der Waals surface area contributed by atoms with Gasteiger partial charge in [-0.15, -0.1) is 0 Å². The summed E-state index contributed by atoms with van der Waals surface area (Å²) in [6.07, 6.45) is 0.653. The first-order valence-corrected chi connectivity index (χ1v) is 11.5. The highest BCUT2D eigenvalue weighted by atomic mass is 79.9. The van der Waals surface area contributed by atoms with Crippen LogP contribution in [0.4, 0.5) is 0 Å². The molecule has 2 aliphatic rings. The zero-order valence-electron chi connectivity index (χ0n) is 18.3. The zero-order chi connectivity index (χ0) is 22.2. The summed E-state index contributed by atoms with van der Waals surface area (Å²) in [5, 5.41) is 7.13. The number of hydrogen-bond donors (Lipinski definition) is 0. The first kappa shape index (κ1) is 20.9. The molecule has 164 valence electrons. The van der Waals surface area contributed by atoms with Crippen LogP contribution >= 0.6 is 15.9 Å². The van der Waals surface area contributed by atoms with Gasteiger partial charge in [-0.1, -0.05) is 15.9 Å². The summed E-state index contributed by atoms with van der Waals surface area (Å²) < 4.78 is 18.6. The van der Waals surface area contributed by atoms with Crippen molar-refractivity contribution in [3.63, 3.8) is 0 Å². The van der Waals surface area contributed by atoms with Crippen molar-refractivity contribution in [1.82, 2.24) is 5.01 Å². The van der Waals surface area contributed by atoms with Crippen molar-refractivity contribution in [3.05, 3.63) is 87.9 Å². The van der Waals surface area contributed by atoms with Crippen LogP contribution in [0.5, 0.6) is 17.2 Å². The van der Waals surface area contributed by atoms with E-state index in [2.05, 4.69) is 39.1 Å². The maximum absolute atomic E-state index is 6.44. The standard InChI is InChI=1S/C26H25BrN2O3/c1-16(2)31-21-11-4-17(5-12-21)23-15-24-22-14-19(27)8-13-25(22)32-26(29(24)28-23)18-6-9-20(30-3)10-7-18/h4-14,16,24,26H,15H2,1-3H3/t24-,26-/m1/s1. The molecule has 0 amide bonds. The third-order valence-electron chi connectivity index (χ3n) is 5.71. The van der Waals surface area contributed by atoms with Gasteiger partial charge in [-0.3, -0.25) is 0 Å². The van der Waals surface area contributed by atoms with Crippen LogP contribution in [0.15, 0.2) is 76.3 Å². The molecule has 0 bridgehead atoms. The SMILES string of the molecule is COc1ccc([C@H]2Oc3ccc(Br)cc3[C@H]3CC(c4ccc(OC(C)C)cc4)=NN32)cc1. The third kappa shape index (κ3) is 3.95. The minimum atomic E-state index is -0.305. The van der Waals surface area contributed by atoms with Crippen LogP contribution in [0.2, 0.25) is 0 Å². The molecule has 0 saturated carbocycles. The average molecular weight is 493 g/mol. The van der Waals surface area contributed by atoms with Crippen molar-refractivity contribution in [2.45, 2.75) is 38.6 Å². The fourth-order valence-electron chi connectivity index (χ4n) is 4.22. The van der Waals surface area contributed by atoms with Crippen molar-refractivity contribution >= 4 is 21.6 Å². The van der Waals surface area contributed by atoms with E-state index >= 15 is 0 Å². The van der Waals surface area contributed by atoms with Gasteiger partial charge in [0.2, 0.25) is 6.23 Å². The number of ether oxygens (including phenoxy) is 3. The van der Waals surface area contributed by atoms with Crippen molar-refractivity contribution < 1.29 is 14.2 Å². The summed E-state index contributed by atoms with van der Waals surface area (Å²) in [6.45, 7) is 4.06. The van der Waals surface area contributed by atoms with E-state index in [-0.39, 0.29) is 18.4 Å². The highest BCUT2D eigenvalue weighted by Gasteiger charge is 2.41. The second kappa shape index (κ2) is 8.51. The molecule has 2 aliphatic heterocycles. The maximum atomic E-state index is 6.44. The number of fused-ring (bicyclic) bond motifs is 3. The fourth-order valence-corrected chi connectivity index (χ4v) is 4.60. The second-order valence-corrected chi connectivity index (χ2v) is 9.18. The molecule has 0 saturated heterocycles. The molecule has 0 aromatic heterocycles. The summed E-state index contributed by atoms with van der Waals surface area (Å²) in [7, 11) is 1.67. The fraction of sp³-hybridized carbons (Fsp3) is 0.269. The van der Waals surface area contributed by atoms with Gasteiger partial charge in [0.15, 0.2) is 0 Å². The molecule has 0 N–H and O–H groups in total. The van der Waals surface area contributed by atoms with Gasteiger partial charge in [-0.05, 0) is 86.1 Å². The van der Waals surface area contributed by atoms with E-state index in [1.807, 2.05) is 62.4 Å². The van der Waals surface area contributed by atoms with E-state index in [0.29, 0.717) is 0 Å². The number of benzene rings is 3. The highest BCUT2D eigenvalue weighted by Crippen LogP contribution is 2.48. The van der Waals surface area contributed by atoms with Crippen molar-refractivity contribution in [2.75, 3.05) is 7.11 Å². The van der Waals surface area contributed by atoms with Crippen molar-refractivity contribution in [2.24, 2.45) is 5.10 Å². The lowest BCUT2D eigenvalue weighted by molar-refractivity contribution is -0.0191. The van der Waals surface area contributed by atoms with E-state index in [4.69, 9.17) is 19.3 Å². The number of methoxy groups -OCH3 is 1. The molecule has 2 atom stereocenters. The number of rotatable bonds is 5. The van der Waals surface area contributed by atoms with Gasteiger partial charge in [0.1, 0.15) is 17.2 Å². The lowest BCUT2D eigenvalue weighted by Gasteiger charge is -2.38. The Kier molecular flexibility index (Phi) is 5.55. The molecular formula is C26H25BrN2O3. The minimum Gasteiger partial charge on any atom is -0.497 e. The Morgan fingerprint density at radius 2 is 1.72 bits per heavy atom. The Morgan fingerprint density at radius 3 is 2.41 bits per heavy atom. The number of nitrogens with zero attached hydrogens (tertiary/aromatic N) is 2. The lowest BCUT2D eigenvalue weighted by atomic mass is 9.96. The highest BCUT2D eigenvalue weighted by molar-refractivity contribution is 9.10. The first-order chi connectivity index (χ1) is 15.5. The molecule has 0 aliphatic carbocycles. The molecule has 3 aromatic carbocycles. The van der Waals surface area contributed by atoms with Gasteiger partial charge in [0.05, 0.1) is 25.0 Å². The largest absolute Gasteiger partial charge is 0.497 e. The Bertz CT molecular complexity index is 1140. The summed E-state index contributed by atoms with van der Waals surface area (Å²) in [5.41, 5.74) is 4.32. The molecule has 0 unspecified atom stereocenters. The Hall–Kier alpha value is -2.99. The van der Waals surface area contributed by atoms with Gasteiger partial charge >= 0.3 is 0 Å². The smallest absolute Gasteiger partial charge is 0.213 e. The summed E-state index contributed by atoms with van der Waals surface area (Å²) >= 11 is 3.61. The summed E-state index contributed by atoms with van der Waals surface area (Å²) in [5.74, 6) is 2.58. The van der Waals surface area contributed by atoms with Crippen LogP contribution < -0.4 is 14.2 Å². The Labute approximate surface area is 196 Å². The minimum absolute atomic E-state index is 0.102. The van der Waals surface area contributed by atoms with Crippen molar-refractivity contribution in [3.8, 4) is 17.2 Å². The Balaban J connectivity index is 1.51.